The fourth-order valence-electron chi connectivity index (χ4n) is 11.7. The number of carbonyl (C=O) groups is 9. The van der Waals surface area contributed by atoms with Crippen LogP contribution in [0.2, 0.25) is 0 Å². The average Bonchev–Trinajstić information content (AvgIpc) is 1.49. The molecule has 1 saturated heterocycles. The van der Waals surface area contributed by atoms with Crippen LogP contribution in [0.15, 0.2) is 128 Å². The molecule has 1 radical (unpaired) electrons. The fourth-order valence-corrected chi connectivity index (χ4v) is 11.7. The second-order valence-corrected chi connectivity index (χ2v) is 25.1. The van der Waals surface area contributed by atoms with E-state index in [9.17, 15) is 58.5 Å². The summed E-state index contributed by atoms with van der Waals surface area (Å²) in [7, 11) is 0. The van der Waals surface area contributed by atoms with E-state index in [0.717, 1.165) is 16.8 Å². The van der Waals surface area contributed by atoms with E-state index in [1.54, 1.807) is 79.3 Å². The third kappa shape index (κ3) is 23.3. The fraction of sp³-hybridized carbons (Fsp3) is 0.391. The maximum atomic E-state index is 14.7. The van der Waals surface area contributed by atoms with Crippen LogP contribution in [0.5, 0.6) is 5.75 Å². The number of fused-ring (bicyclic) bond motifs is 8. The topological polar surface area (TPSA) is 411 Å². The van der Waals surface area contributed by atoms with E-state index < -0.39 is 96.0 Å². The number of aromatic hydroxyl groups is 1. The third-order valence-electron chi connectivity index (χ3n) is 17.0. The number of aromatic nitrogens is 7. The van der Waals surface area contributed by atoms with Crippen molar-refractivity contribution in [3.05, 3.63) is 167 Å². The first-order valence-corrected chi connectivity index (χ1v) is 32.7. The molecule has 5 atom stereocenters. The van der Waals surface area contributed by atoms with Crippen molar-refractivity contribution in [2.45, 2.75) is 96.3 Å². The molecule has 7 amide bonds. The number of H-pyrrole nitrogens is 1. The number of hydrogen-bond donors (Lipinski definition) is 11. The third-order valence-corrected chi connectivity index (χ3v) is 17.0. The van der Waals surface area contributed by atoms with Gasteiger partial charge in [0.05, 0.1) is 67.9 Å². The number of primary amides is 1. The molecule has 1 fully saturated rings. The molecule has 537 valence electrons. The number of rotatable bonds is 26. The number of phenolic OH excluding ortho intramolecular Hbond substituents is 1. The second kappa shape index (κ2) is 37.0. The summed E-state index contributed by atoms with van der Waals surface area (Å²) in [4.78, 5) is 146. The number of phenols is 1. The van der Waals surface area contributed by atoms with E-state index in [0.29, 0.717) is 111 Å². The Morgan fingerprint density at radius 3 is 1.68 bits per heavy atom. The molecule has 0 aliphatic carbocycles. The number of hydrogen-bond acceptors (Lipinski definition) is 19. The summed E-state index contributed by atoms with van der Waals surface area (Å²) in [5.41, 5.74) is 12.4. The standard InChI is InChI=1S/C69H84N18O12.Lu/c1-43(2)64(69(99)72-36-60(70)89)81-68(98)58(33-51-34-71-42-73-51)80-67(97)57(28-45-8-5-4-6-9-45)79-66(96)56(29-46-14-18-54(88)19-15-46)78-65(95)44(3)75-61(90)30-47-12-16-48(17-13-47)49-31-52-38-84-22-26-85(40-62(91)92)24-20-83(21-25-86(27-23-84)41-63(93)94)37-50-10-7-11-55(77-50)59-35-74-82-87(59)39-53(32-49)76-52;/h4-19,31-32,34-35,42-44,56-58,64,88H,20-30,33,36-41H2,1-3H3,(H2,70,89)(H,71,73)(H,72,99)(H,75,90)(H,78,95)(H,79,96)(H,80,97)(H,81,98)(H,91,92)(H,93,94);/t44-,56-,57-,58-,64-;/m0./s1. The molecular weight excluding hydrogens is 1450 g/mol. The average molecular weight is 1530 g/mol. The molecule has 3 aliphatic rings. The van der Waals surface area contributed by atoms with E-state index in [-0.39, 0.29) is 87.9 Å². The number of nitrogens with one attached hydrogen (secondary N) is 7. The van der Waals surface area contributed by atoms with Gasteiger partial charge in [0.25, 0.3) is 0 Å². The minimum absolute atomic E-state index is 0. The first-order chi connectivity index (χ1) is 47.5. The summed E-state index contributed by atoms with van der Waals surface area (Å²) in [6.07, 6.45) is 4.02. The number of carboxylic acid groups (broad SMARTS) is 2. The summed E-state index contributed by atoms with van der Waals surface area (Å²) < 4.78 is 1.74. The van der Waals surface area contributed by atoms with Crippen LogP contribution in [0, 0.1) is 42.8 Å². The van der Waals surface area contributed by atoms with Crippen LogP contribution in [0.25, 0.3) is 22.5 Å². The smallest absolute Gasteiger partial charge is 0.317 e. The molecule has 0 spiro atoms. The number of pyridine rings is 2. The van der Waals surface area contributed by atoms with Gasteiger partial charge in [0.2, 0.25) is 41.4 Å². The molecule has 100 heavy (non-hydrogen) atoms. The zero-order chi connectivity index (χ0) is 70.5. The largest absolute Gasteiger partial charge is 0.508 e. The number of carboxylic acids is 2. The van der Waals surface area contributed by atoms with Crippen LogP contribution in [0.1, 0.15) is 60.2 Å². The molecule has 0 unspecified atom stereocenters. The predicted octanol–water partition coefficient (Wildman–Crippen LogP) is 0.256. The van der Waals surface area contributed by atoms with E-state index in [4.69, 9.17) is 15.7 Å². The molecule has 3 aromatic carbocycles. The minimum Gasteiger partial charge on any atom is -0.508 e. The quantitative estimate of drug-likeness (QED) is 0.0346. The van der Waals surface area contributed by atoms with Gasteiger partial charge in [0.1, 0.15) is 41.7 Å². The van der Waals surface area contributed by atoms with Crippen molar-refractivity contribution < 1.29 is 95.3 Å². The Hall–Kier alpha value is -9.59. The Bertz CT molecular complexity index is 3910. The molecule has 7 heterocycles. The number of benzene rings is 3. The van der Waals surface area contributed by atoms with E-state index in [1.165, 1.54) is 31.6 Å². The van der Waals surface area contributed by atoms with E-state index in [1.807, 2.05) is 52.3 Å². The maximum Gasteiger partial charge on any atom is 0.317 e. The van der Waals surface area contributed by atoms with Crippen LogP contribution in [-0.2, 0) is 88.5 Å². The van der Waals surface area contributed by atoms with Crippen molar-refractivity contribution in [2.24, 2.45) is 11.7 Å². The first-order valence-electron chi connectivity index (χ1n) is 32.7. The molecule has 12 N–H and O–H groups in total. The number of nitrogens with two attached hydrogens (primary N) is 1. The first kappa shape index (κ1) is 76.2. The van der Waals surface area contributed by atoms with Crippen LogP contribution in [0.4, 0.5) is 0 Å². The monoisotopic (exact) mass is 1530 g/mol. The summed E-state index contributed by atoms with van der Waals surface area (Å²) >= 11 is 0. The summed E-state index contributed by atoms with van der Waals surface area (Å²) in [5, 5.41) is 55.0. The van der Waals surface area contributed by atoms with Crippen molar-refractivity contribution >= 4 is 53.3 Å². The van der Waals surface area contributed by atoms with Gasteiger partial charge in [-0.3, -0.25) is 67.7 Å². The Balaban J connectivity index is 0.0000127. The zero-order valence-electron chi connectivity index (χ0n) is 55.6. The number of carbonyl (C=O) groups excluding carboxylic acids is 7. The summed E-state index contributed by atoms with van der Waals surface area (Å²) in [6.45, 7) is 8.71. The van der Waals surface area contributed by atoms with Crippen LogP contribution in [0.3, 0.4) is 0 Å². The van der Waals surface area contributed by atoms with Gasteiger partial charge in [0.15, 0.2) is 0 Å². The van der Waals surface area contributed by atoms with E-state index in [2.05, 4.69) is 62.0 Å². The Morgan fingerprint density at radius 1 is 0.560 bits per heavy atom. The molecular formula is C69H84LuN18O12. The van der Waals surface area contributed by atoms with Gasteiger partial charge in [-0.15, -0.1) is 5.10 Å². The van der Waals surface area contributed by atoms with Gasteiger partial charge in [-0.25, -0.2) is 14.6 Å². The van der Waals surface area contributed by atoms with Crippen LogP contribution >= 0.6 is 0 Å². The molecule has 31 heteroatoms. The van der Waals surface area contributed by atoms with Crippen molar-refractivity contribution in [3.8, 4) is 28.3 Å². The second-order valence-electron chi connectivity index (χ2n) is 25.1. The summed E-state index contributed by atoms with van der Waals surface area (Å²) in [5.74, 6) is -7.50. The van der Waals surface area contributed by atoms with Gasteiger partial charge in [-0.1, -0.05) is 91.9 Å². The molecule has 30 nitrogen and oxygen atoms in total. The van der Waals surface area contributed by atoms with Crippen molar-refractivity contribution in [2.75, 3.05) is 72.0 Å². The number of aliphatic carboxylic acids is 2. The van der Waals surface area contributed by atoms with Crippen molar-refractivity contribution in [1.82, 2.24) is 86.4 Å². The molecule has 6 bridgehead atoms. The summed E-state index contributed by atoms with van der Waals surface area (Å²) in [6, 6.07) is 25.3. The Kier molecular flexibility index (Phi) is 28.2. The Labute approximate surface area is 606 Å². The van der Waals surface area contributed by atoms with Gasteiger partial charge in [-0.2, -0.15) is 0 Å². The Morgan fingerprint density at radius 2 is 1.11 bits per heavy atom. The van der Waals surface area contributed by atoms with Crippen molar-refractivity contribution in [3.63, 3.8) is 0 Å². The van der Waals surface area contributed by atoms with Crippen LogP contribution < -0.4 is 37.6 Å². The molecule has 10 rings (SSSR count). The number of nitrogens with zero attached hydrogens (tertiary/aromatic N) is 10. The van der Waals surface area contributed by atoms with Crippen molar-refractivity contribution in [1.29, 1.82) is 0 Å². The molecule has 0 saturated carbocycles. The normalized spacial score (nSPS) is 16.6. The number of amides is 7. The van der Waals surface area contributed by atoms with Gasteiger partial charge >= 0.3 is 11.9 Å². The number of aromatic amines is 1. The van der Waals surface area contributed by atoms with Gasteiger partial charge in [-0.05, 0) is 77.1 Å². The molecule has 7 aromatic rings. The van der Waals surface area contributed by atoms with E-state index >= 15 is 0 Å². The van der Waals surface area contributed by atoms with Crippen LogP contribution in [-0.4, -0.2) is 225 Å². The maximum absolute atomic E-state index is 14.7. The molecule has 3 aliphatic heterocycles. The molecule has 4 aromatic heterocycles. The predicted molar refractivity (Wildman–Crippen MR) is 361 cm³/mol. The van der Waals surface area contributed by atoms with Gasteiger partial charge in [0, 0.05) is 133 Å². The van der Waals surface area contributed by atoms with Gasteiger partial charge < -0.3 is 57.9 Å². The SMILES string of the molecule is CC(C)[C@H](NC(=O)[C@H](Cc1cnc[nH]1)NC(=O)[C@H](Cc1ccccc1)NC(=O)[C@H](Cc1ccc(O)cc1)NC(=O)[C@H](C)NC(=O)Cc1ccc(-c2cc3nc(c2)Cn2nncc2-c2cccc(n2)CN2CCN(CC(=O)O)CCN(CCN(CC(=O)O)CC2)C3)cc1)C(=O)NCC(N)=O.[Lu]. The minimum atomic E-state index is -1.37. The number of imidazole rings is 1. The zero-order valence-corrected chi connectivity index (χ0v) is 57.3.